The monoisotopic (exact) mass is 565 g/mol. The molecule has 0 bridgehead atoms. The summed E-state index contributed by atoms with van der Waals surface area (Å²) >= 11 is 0. The molecule has 10 heteroatoms. The number of fused-ring (bicyclic) bond motifs is 1. The highest BCUT2D eigenvalue weighted by molar-refractivity contribution is 14.0. The van der Waals surface area contributed by atoms with Crippen molar-refractivity contribution in [3.05, 3.63) is 60.0 Å². The summed E-state index contributed by atoms with van der Waals surface area (Å²) in [6.07, 6.45) is 1.96. The zero-order valence-corrected chi connectivity index (χ0v) is 21.4. The Morgan fingerprint density at radius 2 is 1.91 bits per heavy atom. The summed E-state index contributed by atoms with van der Waals surface area (Å²) in [5.41, 5.74) is 2.06. The van der Waals surface area contributed by atoms with Crippen LogP contribution in [0.5, 0.6) is 5.75 Å². The number of methoxy groups -OCH3 is 1. The van der Waals surface area contributed by atoms with Crippen LogP contribution in [0, 0.1) is 0 Å². The van der Waals surface area contributed by atoms with E-state index in [1.54, 1.807) is 7.11 Å². The van der Waals surface area contributed by atoms with E-state index in [1.165, 1.54) is 5.56 Å². The number of hydrogen-bond acceptors (Lipinski definition) is 6. The van der Waals surface area contributed by atoms with Crippen molar-refractivity contribution in [2.24, 2.45) is 4.99 Å². The minimum atomic E-state index is 0. The van der Waals surface area contributed by atoms with E-state index in [-0.39, 0.29) is 30.0 Å². The molecular weight excluding hydrogens is 533 g/mol. The van der Waals surface area contributed by atoms with Gasteiger partial charge in [0.1, 0.15) is 12.3 Å². The highest BCUT2D eigenvalue weighted by atomic mass is 127. The summed E-state index contributed by atoms with van der Waals surface area (Å²) in [6.45, 7) is 7.30. The molecule has 1 fully saturated rings. The molecule has 1 unspecified atom stereocenters. The number of halogens is 1. The first-order chi connectivity index (χ1) is 15.8. The van der Waals surface area contributed by atoms with Crippen molar-refractivity contribution in [1.82, 2.24) is 30.1 Å². The fourth-order valence-electron chi connectivity index (χ4n) is 3.86. The van der Waals surface area contributed by atoms with Crippen molar-refractivity contribution in [2.75, 3.05) is 46.5 Å². The Hall–Kier alpha value is -2.44. The van der Waals surface area contributed by atoms with Crippen molar-refractivity contribution in [1.29, 1.82) is 0 Å². The predicted octanol–water partition coefficient (Wildman–Crippen LogP) is 2.48. The van der Waals surface area contributed by atoms with Crippen LogP contribution in [0.25, 0.3) is 5.65 Å². The van der Waals surface area contributed by atoms with Crippen LogP contribution in [-0.2, 0) is 11.3 Å². The topological polar surface area (TPSA) is 88.3 Å². The summed E-state index contributed by atoms with van der Waals surface area (Å²) in [5.74, 6) is 2.42. The van der Waals surface area contributed by atoms with Crippen LogP contribution in [0.2, 0.25) is 0 Å². The Balaban J connectivity index is 0.00000306. The van der Waals surface area contributed by atoms with Crippen LogP contribution < -0.4 is 15.4 Å². The van der Waals surface area contributed by atoms with E-state index >= 15 is 0 Å². The summed E-state index contributed by atoms with van der Waals surface area (Å²) in [4.78, 5) is 7.20. The van der Waals surface area contributed by atoms with Gasteiger partial charge in [0.15, 0.2) is 17.4 Å². The van der Waals surface area contributed by atoms with Crippen LogP contribution in [0.3, 0.4) is 0 Å². The molecule has 0 radical (unpaired) electrons. The highest BCUT2D eigenvalue weighted by Gasteiger charge is 2.23. The van der Waals surface area contributed by atoms with Crippen molar-refractivity contribution in [3.63, 3.8) is 0 Å². The van der Waals surface area contributed by atoms with Gasteiger partial charge in [0.2, 0.25) is 0 Å². The molecule has 33 heavy (non-hydrogen) atoms. The average Bonchev–Trinajstić information content (AvgIpc) is 3.27. The molecule has 0 spiro atoms. The Kier molecular flexibility index (Phi) is 9.70. The minimum absolute atomic E-state index is 0. The predicted molar refractivity (Wildman–Crippen MR) is 139 cm³/mol. The molecule has 4 rings (SSSR count). The number of aromatic nitrogens is 3. The summed E-state index contributed by atoms with van der Waals surface area (Å²) in [7, 11) is 1.69. The molecule has 3 aromatic rings. The maximum absolute atomic E-state index is 5.57. The number of ether oxygens (including phenoxy) is 2. The molecule has 1 saturated heterocycles. The molecule has 9 nitrogen and oxygen atoms in total. The van der Waals surface area contributed by atoms with Gasteiger partial charge in [0.05, 0.1) is 26.4 Å². The lowest BCUT2D eigenvalue weighted by molar-refractivity contribution is 0.0170. The third-order valence-electron chi connectivity index (χ3n) is 5.56. The van der Waals surface area contributed by atoms with Crippen LogP contribution >= 0.6 is 24.0 Å². The number of benzene rings is 1. The smallest absolute Gasteiger partial charge is 0.191 e. The van der Waals surface area contributed by atoms with Gasteiger partial charge in [-0.15, -0.1) is 34.2 Å². The van der Waals surface area contributed by atoms with E-state index < -0.39 is 0 Å². The molecule has 1 aromatic carbocycles. The fourth-order valence-corrected chi connectivity index (χ4v) is 3.86. The molecule has 1 aliphatic rings. The largest absolute Gasteiger partial charge is 0.497 e. The molecule has 2 aromatic heterocycles. The second-order valence-corrected chi connectivity index (χ2v) is 7.56. The Labute approximate surface area is 211 Å². The number of guanidine groups is 1. The van der Waals surface area contributed by atoms with Crippen LogP contribution in [0.15, 0.2) is 53.7 Å². The van der Waals surface area contributed by atoms with E-state index in [0.717, 1.165) is 62.6 Å². The molecule has 1 aliphatic heterocycles. The van der Waals surface area contributed by atoms with Crippen molar-refractivity contribution in [3.8, 4) is 5.75 Å². The number of pyridine rings is 1. The standard InChI is InChI=1S/C23H31N7O2.HI/c1-3-24-23(26-17-22-28-27-21-6-4-5-11-30(21)22)25-16-20(29-12-14-32-15-13-29)18-7-9-19(31-2)10-8-18;/h4-11,20H,3,12-17H2,1-2H3,(H2,24,25,26);1H. The van der Waals surface area contributed by atoms with E-state index in [9.17, 15) is 0 Å². The van der Waals surface area contributed by atoms with Gasteiger partial charge in [-0.05, 0) is 36.8 Å². The SMILES string of the molecule is CCNC(=NCc1nnc2ccccn12)NCC(c1ccc(OC)cc1)N1CCOCC1.I. The average molecular weight is 565 g/mol. The molecule has 1 atom stereocenters. The van der Waals surface area contributed by atoms with E-state index in [1.807, 2.05) is 40.9 Å². The van der Waals surface area contributed by atoms with Crippen LogP contribution in [0.4, 0.5) is 0 Å². The number of morpholine rings is 1. The van der Waals surface area contributed by atoms with E-state index in [0.29, 0.717) is 6.54 Å². The van der Waals surface area contributed by atoms with Crippen molar-refractivity contribution < 1.29 is 9.47 Å². The lowest BCUT2D eigenvalue weighted by Crippen LogP contribution is -2.46. The van der Waals surface area contributed by atoms with Gasteiger partial charge in [0.25, 0.3) is 0 Å². The Morgan fingerprint density at radius 1 is 1.12 bits per heavy atom. The van der Waals surface area contributed by atoms with Gasteiger partial charge in [-0.2, -0.15) is 0 Å². The van der Waals surface area contributed by atoms with Gasteiger partial charge in [0, 0.05) is 32.4 Å². The first-order valence-corrected chi connectivity index (χ1v) is 11.0. The molecule has 0 amide bonds. The normalized spacial score (nSPS) is 15.6. The van der Waals surface area contributed by atoms with E-state index in [4.69, 9.17) is 14.5 Å². The summed E-state index contributed by atoms with van der Waals surface area (Å²) in [6, 6.07) is 14.3. The minimum Gasteiger partial charge on any atom is -0.497 e. The fraction of sp³-hybridized carbons (Fsp3) is 0.435. The Morgan fingerprint density at radius 3 is 2.64 bits per heavy atom. The zero-order valence-electron chi connectivity index (χ0n) is 19.1. The van der Waals surface area contributed by atoms with E-state index in [2.05, 4.69) is 44.8 Å². The number of aliphatic imine (C=N–C) groups is 1. The van der Waals surface area contributed by atoms with Crippen LogP contribution in [0.1, 0.15) is 24.4 Å². The zero-order chi connectivity index (χ0) is 22.2. The van der Waals surface area contributed by atoms with Gasteiger partial charge in [-0.3, -0.25) is 9.30 Å². The van der Waals surface area contributed by atoms with Gasteiger partial charge < -0.3 is 20.1 Å². The quantitative estimate of drug-likeness (QED) is 0.247. The lowest BCUT2D eigenvalue weighted by Gasteiger charge is -2.35. The Bertz CT molecular complexity index is 1020. The summed E-state index contributed by atoms with van der Waals surface area (Å²) in [5, 5.41) is 15.3. The number of hydrogen-bond donors (Lipinski definition) is 2. The molecular formula is C23H32IN7O2. The first-order valence-electron chi connectivity index (χ1n) is 11.0. The van der Waals surface area contributed by atoms with Crippen molar-refractivity contribution >= 4 is 35.6 Å². The summed E-state index contributed by atoms with van der Waals surface area (Å²) < 4.78 is 12.9. The molecule has 3 heterocycles. The molecule has 2 N–H and O–H groups in total. The van der Waals surface area contributed by atoms with Gasteiger partial charge in [-0.1, -0.05) is 18.2 Å². The molecule has 178 valence electrons. The maximum atomic E-state index is 5.57. The first kappa shape index (κ1) is 25.2. The van der Waals surface area contributed by atoms with Crippen LogP contribution in [-0.4, -0.2) is 72.0 Å². The number of rotatable bonds is 8. The molecule has 0 saturated carbocycles. The third-order valence-corrected chi connectivity index (χ3v) is 5.56. The highest BCUT2D eigenvalue weighted by Crippen LogP contribution is 2.23. The molecule has 0 aliphatic carbocycles. The van der Waals surface area contributed by atoms with Gasteiger partial charge in [-0.25, -0.2) is 4.99 Å². The second-order valence-electron chi connectivity index (χ2n) is 7.56. The third kappa shape index (κ3) is 6.55. The number of nitrogens with one attached hydrogen (secondary N) is 2. The second kappa shape index (κ2) is 12.7. The lowest BCUT2D eigenvalue weighted by atomic mass is 10.0. The van der Waals surface area contributed by atoms with Crippen molar-refractivity contribution in [2.45, 2.75) is 19.5 Å². The maximum Gasteiger partial charge on any atom is 0.191 e. The van der Waals surface area contributed by atoms with Gasteiger partial charge >= 0.3 is 0 Å². The number of nitrogens with zero attached hydrogens (tertiary/aromatic N) is 5.